The van der Waals surface area contributed by atoms with Crippen LogP contribution in [-0.2, 0) is 22.7 Å². The molecule has 0 aliphatic carbocycles. The number of carbonyl (C=O) groups excluding carboxylic acids is 1. The number of anilines is 1. The predicted octanol–water partition coefficient (Wildman–Crippen LogP) is 1.90. The number of para-hydroxylation sites is 1. The molecule has 0 radical (unpaired) electrons. The SMILES string of the molecule is COCc1nn(CC(=O)N2CC[C@H](C)Sc3ccccc32)c(=O)o1. The standard InChI is InChI=1S/C16H19N3O4S/c1-11-7-8-18(12-5-3-4-6-13(12)24-11)15(20)9-19-16(21)23-14(17-19)10-22-2/h3-6,11H,7-10H2,1-2H3/t11-/m0/s1. The van der Waals surface area contributed by atoms with Gasteiger partial charge in [0.25, 0.3) is 0 Å². The largest absolute Gasteiger partial charge is 0.437 e. The lowest BCUT2D eigenvalue weighted by Gasteiger charge is -2.22. The van der Waals surface area contributed by atoms with Crippen molar-refractivity contribution in [2.75, 3.05) is 18.6 Å². The summed E-state index contributed by atoms with van der Waals surface area (Å²) in [4.78, 5) is 27.4. The van der Waals surface area contributed by atoms with Crippen LogP contribution in [0.5, 0.6) is 0 Å². The second kappa shape index (κ2) is 7.23. The van der Waals surface area contributed by atoms with Crippen LogP contribution < -0.4 is 10.7 Å². The van der Waals surface area contributed by atoms with Gasteiger partial charge in [-0.25, -0.2) is 4.79 Å². The molecular weight excluding hydrogens is 330 g/mol. The van der Waals surface area contributed by atoms with Gasteiger partial charge in [0.15, 0.2) is 0 Å². The average Bonchev–Trinajstić information content (AvgIpc) is 2.78. The molecule has 0 unspecified atom stereocenters. The molecule has 1 aromatic heterocycles. The van der Waals surface area contributed by atoms with Crippen molar-refractivity contribution in [3.8, 4) is 0 Å². The number of hydrogen-bond donors (Lipinski definition) is 0. The minimum absolute atomic E-state index is 0.0944. The minimum Gasteiger partial charge on any atom is -0.390 e. The first-order valence-electron chi connectivity index (χ1n) is 7.70. The molecule has 1 amide bonds. The smallest absolute Gasteiger partial charge is 0.390 e. The molecule has 0 N–H and O–H groups in total. The summed E-state index contributed by atoms with van der Waals surface area (Å²) in [5, 5.41) is 4.41. The van der Waals surface area contributed by atoms with Crippen LogP contribution in [-0.4, -0.2) is 34.6 Å². The maximum atomic E-state index is 12.8. The number of benzene rings is 1. The number of amides is 1. The molecule has 7 nitrogen and oxygen atoms in total. The Morgan fingerprint density at radius 2 is 2.25 bits per heavy atom. The highest BCUT2D eigenvalue weighted by molar-refractivity contribution is 8.00. The molecule has 0 saturated heterocycles. The Balaban J connectivity index is 1.83. The summed E-state index contributed by atoms with van der Waals surface area (Å²) in [5.41, 5.74) is 0.880. The van der Waals surface area contributed by atoms with Crippen molar-refractivity contribution in [3.05, 3.63) is 40.7 Å². The Bertz CT molecular complexity index is 786. The van der Waals surface area contributed by atoms with Crippen molar-refractivity contribution in [2.24, 2.45) is 0 Å². The summed E-state index contributed by atoms with van der Waals surface area (Å²) in [6.45, 7) is 2.70. The van der Waals surface area contributed by atoms with E-state index in [4.69, 9.17) is 9.15 Å². The molecule has 2 aromatic rings. The summed E-state index contributed by atoms with van der Waals surface area (Å²) in [7, 11) is 1.48. The maximum absolute atomic E-state index is 12.8. The van der Waals surface area contributed by atoms with Crippen LogP contribution in [0.4, 0.5) is 5.69 Å². The number of ether oxygens (including phenoxy) is 1. The zero-order chi connectivity index (χ0) is 17.1. The molecule has 1 aliphatic rings. The molecule has 3 rings (SSSR count). The van der Waals surface area contributed by atoms with Crippen molar-refractivity contribution >= 4 is 23.4 Å². The predicted molar refractivity (Wildman–Crippen MR) is 90.2 cm³/mol. The van der Waals surface area contributed by atoms with Crippen molar-refractivity contribution < 1.29 is 13.9 Å². The van der Waals surface area contributed by atoms with Gasteiger partial charge in [0.05, 0.1) is 5.69 Å². The van der Waals surface area contributed by atoms with Gasteiger partial charge in [0, 0.05) is 23.8 Å². The van der Waals surface area contributed by atoms with Crippen LogP contribution in [0, 0.1) is 0 Å². The van der Waals surface area contributed by atoms with Gasteiger partial charge in [-0.1, -0.05) is 19.1 Å². The first-order valence-corrected chi connectivity index (χ1v) is 8.58. The monoisotopic (exact) mass is 349 g/mol. The lowest BCUT2D eigenvalue weighted by atomic mass is 10.2. The van der Waals surface area contributed by atoms with E-state index in [9.17, 15) is 9.59 Å². The van der Waals surface area contributed by atoms with Gasteiger partial charge in [-0.3, -0.25) is 4.79 Å². The van der Waals surface area contributed by atoms with E-state index in [1.807, 2.05) is 24.3 Å². The van der Waals surface area contributed by atoms with Gasteiger partial charge in [0.1, 0.15) is 13.2 Å². The molecule has 8 heteroatoms. The lowest BCUT2D eigenvalue weighted by Crippen LogP contribution is -2.37. The zero-order valence-corrected chi connectivity index (χ0v) is 14.4. The number of fused-ring (bicyclic) bond motifs is 1. The van der Waals surface area contributed by atoms with E-state index in [0.29, 0.717) is 11.8 Å². The van der Waals surface area contributed by atoms with E-state index >= 15 is 0 Å². The number of thioether (sulfide) groups is 1. The quantitative estimate of drug-likeness (QED) is 0.839. The van der Waals surface area contributed by atoms with Crippen LogP contribution >= 0.6 is 11.8 Å². The minimum atomic E-state index is -0.652. The van der Waals surface area contributed by atoms with Crippen LogP contribution in [0.25, 0.3) is 0 Å². The van der Waals surface area contributed by atoms with E-state index in [-0.39, 0.29) is 24.9 Å². The van der Waals surface area contributed by atoms with Crippen molar-refractivity contribution in [1.82, 2.24) is 9.78 Å². The molecule has 0 saturated carbocycles. The highest BCUT2D eigenvalue weighted by Gasteiger charge is 2.25. The summed E-state index contributed by atoms with van der Waals surface area (Å²) >= 11 is 1.76. The van der Waals surface area contributed by atoms with E-state index in [1.54, 1.807) is 16.7 Å². The fraction of sp³-hybridized carbons (Fsp3) is 0.438. The molecule has 1 aliphatic heterocycles. The van der Waals surface area contributed by atoms with E-state index in [2.05, 4.69) is 12.0 Å². The van der Waals surface area contributed by atoms with Gasteiger partial charge in [-0.05, 0) is 18.6 Å². The molecule has 0 spiro atoms. The number of nitrogens with zero attached hydrogens (tertiary/aromatic N) is 3. The van der Waals surface area contributed by atoms with E-state index in [1.165, 1.54) is 7.11 Å². The Morgan fingerprint density at radius 1 is 1.46 bits per heavy atom. The van der Waals surface area contributed by atoms with Crippen LogP contribution in [0.2, 0.25) is 0 Å². The topological polar surface area (TPSA) is 77.6 Å². The molecule has 0 fully saturated rings. The van der Waals surface area contributed by atoms with Gasteiger partial charge in [-0.15, -0.1) is 16.9 Å². The highest BCUT2D eigenvalue weighted by atomic mass is 32.2. The fourth-order valence-corrected chi connectivity index (χ4v) is 3.70. The van der Waals surface area contributed by atoms with E-state index in [0.717, 1.165) is 21.7 Å². The maximum Gasteiger partial charge on any atom is 0.437 e. The number of rotatable bonds is 4. The first-order chi connectivity index (χ1) is 11.6. The molecule has 128 valence electrons. The zero-order valence-electron chi connectivity index (χ0n) is 13.6. The van der Waals surface area contributed by atoms with Gasteiger partial charge in [0.2, 0.25) is 11.8 Å². The number of methoxy groups -OCH3 is 1. The lowest BCUT2D eigenvalue weighted by molar-refractivity contribution is -0.119. The molecule has 1 aromatic carbocycles. The molecule has 0 bridgehead atoms. The van der Waals surface area contributed by atoms with Gasteiger partial charge >= 0.3 is 5.76 Å². The van der Waals surface area contributed by atoms with Crippen molar-refractivity contribution in [2.45, 2.75) is 36.6 Å². The Hall–Kier alpha value is -2.06. The Kier molecular flexibility index (Phi) is 5.06. The molecule has 1 atom stereocenters. The number of carbonyl (C=O) groups is 1. The Labute approximate surface area is 143 Å². The molecule has 2 heterocycles. The molecule has 24 heavy (non-hydrogen) atoms. The fourth-order valence-electron chi connectivity index (χ4n) is 2.59. The summed E-state index contributed by atoms with van der Waals surface area (Å²) in [5.74, 6) is -0.673. The first kappa shape index (κ1) is 16.8. The van der Waals surface area contributed by atoms with E-state index < -0.39 is 5.76 Å². The summed E-state index contributed by atoms with van der Waals surface area (Å²) in [6, 6.07) is 7.82. The third kappa shape index (κ3) is 3.54. The number of aromatic nitrogens is 2. The third-order valence-corrected chi connectivity index (χ3v) is 4.98. The van der Waals surface area contributed by atoms with Crippen LogP contribution in [0.1, 0.15) is 19.2 Å². The van der Waals surface area contributed by atoms with Crippen molar-refractivity contribution in [3.63, 3.8) is 0 Å². The number of hydrogen-bond acceptors (Lipinski definition) is 6. The summed E-state index contributed by atoms with van der Waals surface area (Å²) in [6.07, 6.45) is 0.883. The second-order valence-electron chi connectivity index (χ2n) is 5.58. The molecular formula is C16H19N3O4S. The second-order valence-corrected chi connectivity index (χ2v) is 7.06. The third-order valence-electron chi connectivity index (χ3n) is 3.75. The van der Waals surface area contributed by atoms with Gasteiger partial charge in [-0.2, -0.15) is 4.68 Å². The normalized spacial score (nSPS) is 17.4. The summed E-state index contributed by atoms with van der Waals surface area (Å²) < 4.78 is 10.9. The van der Waals surface area contributed by atoms with Crippen molar-refractivity contribution in [1.29, 1.82) is 0 Å². The Morgan fingerprint density at radius 3 is 3.04 bits per heavy atom. The van der Waals surface area contributed by atoms with Gasteiger partial charge < -0.3 is 14.1 Å². The van der Waals surface area contributed by atoms with Crippen LogP contribution in [0.3, 0.4) is 0 Å². The highest BCUT2D eigenvalue weighted by Crippen LogP contribution is 2.37. The van der Waals surface area contributed by atoms with Crippen LogP contribution in [0.15, 0.2) is 38.4 Å². The average molecular weight is 349 g/mol.